The van der Waals surface area contributed by atoms with Crippen LogP contribution in [-0.4, -0.2) is 18.7 Å². The molecule has 0 aromatic heterocycles. The average molecular weight is 283 g/mol. The molecule has 0 spiro atoms. The largest absolute Gasteiger partial charge is 0.478 e. The van der Waals surface area contributed by atoms with E-state index in [9.17, 15) is 0 Å². The lowest BCUT2D eigenvalue weighted by atomic mass is 9.87. The predicted molar refractivity (Wildman–Crippen MR) is 88.5 cm³/mol. The van der Waals surface area contributed by atoms with Gasteiger partial charge < -0.3 is 4.74 Å². The highest BCUT2D eigenvalue weighted by molar-refractivity contribution is 5.27. The first kappa shape index (κ1) is 15.6. The Bertz CT molecular complexity index is 540. The van der Waals surface area contributed by atoms with Crippen molar-refractivity contribution < 1.29 is 4.74 Å². The predicted octanol–water partition coefficient (Wildman–Crippen LogP) is 4.45. The molecule has 2 heteroatoms. The summed E-state index contributed by atoms with van der Waals surface area (Å²) in [6.07, 6.45) is 0. The fourth-order valence-electron chi connectivity index (χ4n) is 2.17. The molecule has 0 N–H and O–H groups in total. The molecule has 0 aliphatic heterocycles. The zero-order valence-electron chi connectivity index (χ0n) is 13.5. The van der Waals surface area contributed by atoms with Crippen molar-refractivity contribution in [1.29, 1.82) is 0 Å². The first-order valence-electron chi connectivity index (χ1n) is 7.41. The number of para-hydroxylation sites is 1. The topological polar surface area (TPSA) is 12.5 Å². The van der Waals surface area contributed by atoms with Crippen LogP contribution in [0, 0.1) is 0 Å². The second-order valence-corrected chi connectivity index (χ2v) is 6.55. The van der Waals surface area contributed by atoms with Gasteiger partial charge in [0.15, 0.2) is 0 Å². The molecule has 0 radical (unpaired) electrons. The number of ether oxygens (including phenoxy) is 1. The van der Waals surface area contributed by atoms with Gasteiger partial charge in [-0.15, -0.1) is 0 Å². The fraction of sp³-hybridized carbons (Fsp3) is 0.368. The lowest BCUT2D eigenvalue weighted by molar-refractivity contribution is 0.147. The standard InChI is InChI=1S/C19H25NO/c1-19(2,3)17-12-10-16(11-13-17)14-20(4)15-21-18-8-6-5-7-9-18/h5-13H,14-15H2,1-4H3. The van der Waals surface area contributed by atoms with E-state index in [1.807, 2.05) is 30.3 Å². The lowest BCUT2D eigenvalue weighted by Gasteiger charge is -2.21. The van der Waals surface area contributed by atoms with Gasteiger partial charge in [0.05, 0.1) is 0 Å². The van der Waals surface area contributed by atoms with Crippen LogP contribution in [-0.2, 0) is 12.0 Å². The van der Waals surface area contributed by atoms with Gasteiger partial charge in [-0.3, -0.25) is 4.90 Å². The molecule has 0 unspecified atom stereocenters. The maximum absolute atomic E-state index is 5.74. The van der Waals surface area contributed by atoms with Crippen molar-refractivity contribution in [3.63, 3.8) is 0 Å². The smallest absolute Gasteiger partial charge is 0.142 e. The molecule has 2 nitrogen and oxygen atoms in total. The summed E-state index contributed by atoms with van der Waals surface area (Å²) in [7, 11) is 2.07. The number of hydrogen-bond donors (Lipinski definition) is 0. The quantitative estimate of drug-likeness (QED) is 0.752. The summed E-state index contributed by atoms with van der Waals surface area (Å²) >= 11 is 0. The van der Waals surface area contributed by atoms with Crippen LogP contribution < -0.4 is 4.74 Å². The Balaban J connectivity index is 1.86. The lowest BCUT2D eigenvalue weighted by Crippen LogP contribution is -2.23. The van der Waals surface area contributed by atoms with Crippen molar-refractivity contribution in [2.45, 2.75) is 32.7 Å². The van der Waals surface area contributed by atoms with Crippen molar-refractivity contribution in [1.82, 2.24) is 4.90 Å². The van der Waals surface area contributed by atoms with E-state index >= 15 is 0 Å². The normalized spacial score (nSPS) is 11.7. The highest BCUT2D eigenvalue weighted by atomic mass is 16.5. The Morgan fingerprint density at radius 2 is 1.52 bits per heavy atom. The monoisotopic (exact) mass is 283 g/mol. The number of benzene rings is 2. The first-order chi connectivity index (χ1) is 9.95. The Morgan fingerprint density at radius 3 is 2.10 bits per heavy atom. The van der Waals surface area contributed by atoms with E-state index in [1.54, 1.807) is 0 Å². The Kier molecular flexibility index (Phi) is 5.03. The van der Waals surface area contributed by atoms with E-state index in [2.05, 4.69) is 57.0 Å². The molecule has 0 aliphatic rings. The number of rotatable bonds is 5. The minimum Gasteiger partial charge on any atom is -0.478 e. The third-order valence-corrected chi connectivity index (χ3v) is 3.47. The third-order valence-electron chi connectivity index (χ3n) is 3.47. The van der Waals surface area contributed by atoms with Gasteiger partial charge in [-0.05, 0) is 35.7 Å². The van der Waals surface area contributed by atoms with Crippen LogP contribution in [0.15, 0.2) is 54.6 Å². The van der Waals surface area contributed by atoms with Crippen LogP contribution in [0.3, 0.4) is 0 Å². The molecule has 2 rings (SSSR count). The van der Waals surface area contributed by atoms with Crippen LogP contribution in [0.25, 0.3) is 0 Å². The molecule has 2 aromatic carbocycles. The van der Waals surface area contributed by atoms with Crippen LogP contribution >= 0.6 is 0 Å². The van der Waals surface area contributed by atoms with Gasteiger partial charge >= 0.3 is 0 Å². The molecule has 0 saturated carbocycles. The number of nitrogens with zero attached hydrogens (tertiary/aromatic N) is 1. The molecule has 0 fully saturated rings. The third kappa shape index (κ3) is 4.91. The molecule has 0 saturated heterocycles. The second kappa shape index (κ2) is 6.77. The minimum absolute atomic E-state index is 0.209. The van der Waals surface area contributed by atoms with Gasteiger partial charge in [-0.1, -0.05) is 63.2 Å². The molecule has 0 amide bonds. The van der Waals surface area contributed by atoms with Crippen molar-refractivity contribution in [2.75, 3.05) is 13.8 Å². The van der Waals surface area contributed by atoms with E-state index < -0.39 is 0 Å². The second-order valence-electron chi connectivity index (χ2n) is 6.55. The zero-order valence-corrected chi connectivity index (χ0v) is 13.5. The fourth-order valence-corrected chi connectivity index (χ4v) is 2.17. The highest BCUT2D eigenvalue weighted by Gasteiger charge is 2.13. The summed E-state index contributed by atoms with van der Waals surface area (Å²) in [5.41, 5.74) is 2.89. The van der Waals surface area contributed by atoms with E-state index in [-0.39, 0.29) is 5.41 Å². The molecule has 0 bridgehead atoms. The molecular formula is C19H25NO. The average Bonchev–Trinajstić information content (AvgIpc) is 2.46. The van der Waals surface area contributed by atoms with Crippen LogP contribution in [0.2, 0.25) is 0 Å². The molecule has 112 valence electrons. The summed E-state index contributed by atoms with van der Waals surface area (Å²) in [4.78, 5) is 2.17. The Morgan fingerprint density at radius 1 is 0.905 bits per heavy atom. The van der Waals surface area contributed by atoms with Gasteiger partial charge in [0.25, 0.3) is 0 Å². The summed E-state index contributed by atoms with van der Waals surface area (Å²) in [6.45, 7) is 8.19. The van der Waals surface area contributed by atoms with Gasteiger partial charge in [-0.25, -0.2) is 0 Å². The van der Waals surface area contributed by atoms with Crippen molar-refractivity contribution in [2.24, 2.45) is 0 Å². The van der Waals surface area contributed by atoms with E-state index in [1.165, 1.54) is 11.1 Å². The molecule has 21 heavy (non-hydrogen) atoms. The molecule has 0 atom stereocenters. The van der Waals surface area contributed by atoms with E-state index in [4.69, 9.17) is 4.74 Å². The van der Waals surface area contributed by atoms with E-state index in [0.717, 1.165) is 12.3 Å². The SMILES string of the molecule is CN(COc1ccccc1)Cc1ccc(C(C)(C)C)cc1. The molecule has 0 aliphatic carbocycles. The van der Waals surface area contributed by atoms with Gasteiger partial charge in [0.1, 0.15) is 12.5 Å². The maximum atomic E-state index is 5.74. The van der Waals surface area contributed by atoms with Gasteiger partial charge in [0.2, 0.25) is 0 Å². The van der Waals surface area contributed by atoms with E-state index in [0.29, 0.717) is 6.73 Å². The Hall–Kier alpha value is -1.80. The van der Waals surface area contributed by atoms with Crippen LogP contribution in [0.5, 0.6) is 5.75 Å². The van der Waals surface area contributed by atoms with Crippen molar-refractivity contribution in [3.05, 3.63) is 65.7 Å². The Labute approximate surface area is 128 Å². The van der Waals surface area contributed by atoms with Gasteiger partial charge in [-0.2, -0.15) is 0 Å². The van der Waals surface area contributed by atoms with Crippen LogP contribution in [0.1, 0.15) is 31.9 Å². The molecule has 2 aromatic rings. The van der Waals surface area contributed by atoms with Crippen molar-refractivity contribution >= 4 is 0 Å². The summed E-state index contributed by atoms with van der Waals surface area (Å²) in [5.74, 6) is 0.910. The summed E-state index contributed by atoms with van der Waals surface area (Å²) in [5, 5.41) is 0. The zero-order chi connectivity index (χ0) is 15.3. The molecular weight excluding hydrogens is 258 g/mol. The van der Waals surface area contributed by atoms with Crippen LogP contribution in [0.4, 0.5) is 0 Å². The number of hydrogen-bond acceptors (Lipinski definition) is 2. The summed E-state index contributed by atoms with van der Waals surface area (Å²) < 4.78 is 5.74. The maximum Gasteiger partial charge on any atom is 0.142 e. The summed E-state index contributed by atoms with van der Waals surface area (Å²) in [6, 6.07) is 18.8. The first-order valence-corrected chi connectivity index (χ1v) is 7.41. The molecule has 0 heterocycles. The van der Waals surface area contributed by atoms with Gasteiger partial charge in [0, 0.05) is 6.54 Å². The highest BCUT2D eigenvalue weighted by Crippen LogP contribution is 2.22. The van der Waals surface area contributed by atoms with Crippen molar-refractivity contribution in [3.8, 4) is 5.75 Å². The minimum atomic E-state index is 0.209.